The number of aryl methyl sites for hydroxylation is 2. The number of carbonyl (C=O) groups is 1. The average Bonchev–Trinajstić information content (AvgIpc) is 3.33. The van der Waals surface area contributed by atoms with Crippen LogP contribution >= 0.6 is 0 Å². The molecule has 0 unspecified atom stereocenters. The summed E-state index contributed by atoms with van der Waals surface area (Å²) in [4.78, 5) is 23.9. The summed E-state index contributed by atoms with van der Waals surface area (Å²) in [5.74, 6) is -0.0704. The van der Waals surface area contributed by atoms with Gasteiger partial charge in [0.1, 0.15) is 11.5 Å². The summed E-state index contributed by atoms with van der Waals surface area (Å²) in [6.45, 7) is 3.62. The number of para-hydroxylation sites is 1. The summed E-state index contributed by atoms with van der Waals surface area (Å²) >= 11 is 0. The maximum atomic E-state index is 13.2. The Balaban J connectivity index is 1.60. The molecule has 0 atom stereocenters. The van der Waals surface area contributed by atoms with Crippen LogP contribution in [0.3, 0.4) is 0 Å². The van der Waals surface area contributed by atoms with E-state index in [4.69, 9.17) is 4.74 Å². The van der Waals surface area contributed by atoms with E-state index >= 15 is 0 Å². The van der Waals surface area contributed by atoms with E-state index in [1.807, 2.05) is 62.4 Å². The van der Waals surface area contributed by atoms with Crippen molar-refractivity contribution < 1.29 is 17.9 Å². The molecule has 0 saturated carbocycles. The molecule has 0 fully saturated rings. The Bertz CT molecular complexity index is 1430. The van der Waals surface area contributed by atoms with Crippen LogP contribution < -0.4 is 14.8 Å². The molecule has 0 bridgehead atoms. The lowest BCUT2D eigenvalue weighted by Gasteiger charge is -2.15. The zero-order chi connectivity index (χ0) is 24.3. The summed E-state index contributed by atoms with van der Waals surface area (Å²) < 4.78 is 34.2. The maximum absolute atomic E-state index is 13.2. The standard InChI is InChI=1S/C24H23N5O4S/c1-15-8-7-9-16(2)21(15)29-34(31,32)20-12-18(13-26-24(20)33-3)27-23(30)19-14-25-22(28-19)17-10-5-4-6-11-17/h4-14,29H,1-3H3,(H,25,28)(H,27,30). The number of aromatic nitrogens is 3. The van der Waals surface area contributed by atoms with E-state index < -0.39 is 15.9 Å². The lowest BCUT2D eigenvalue weighted by molar-refractivity contribution is 0.102. The fourth-order valence-electron chi connectivity index (χ4n) is 3.39. The molecule has 0 radical (unpaired) electrons. The Kier molecular flexibility index (Phi) is 6.33. The Morgan fingerprint density at radius 2 is 1.74 bits per heavy atom. The van der Waals surface area contributed by atoms with Crippen LogP contribution in [0.5, 0.6) is 5.88 Å². The van der Waals surface area contributed by atoms with Crippen molar-refractivity contribution in [2.24, 2.45) is 0 Å². The zero-order valence-corrected chi connectivity index (χ0v) is 19.6. The first kappa shape index (κ1) is 23.0. The van der Waals surface area contributed by atoms with Gasteiger partial charge >= 0.3 is 0 Å². The van der Waals surface area contributed by atoms with E-state index in [1.54, 1.807) is 0 Å². The van der Waals surface area contributed by atoms with Gasteiger partial charge in [0.2, 0.25) is 5.88 Å². The Labute approximate surface area is 197 Å². The van der Waals surface area contributed by atoms with Crippen molar-refractivity contribution in [1.82, 2.24) is 15.0 Å². The van der Waals surface area contributed by atoms with Crippen molar-refractivity contribution >= 4 is 27.3 Å². The van der Waals surface area contributed by atoms with Gasteiger partial charge in [-0.2, -0.15) is 0 Å². The normalized spacial score (nSPS) is 11.1. The molecule has 3 N–H and O–H groups in total. The molecule has 0 saturated heterocycles. The first-order chi connectivity index (χ1) is 16.3. The summed E-state index contributed by atoms with van der Waals surface area (Å²) in [7, 11) is -2.74. The Hall–Kier alpha value is -4.18. The smallest absolute Gasteiger partial charge is 0.275 e. The zero-order valence-electron chi connectivity index (χ0n) is 18.8. The summed E-state index contributed by atoms with van der Waals surface area (Å²) in [5.41, 5.74) is 3.17. The number of rotatable bonds is 7. The van der Waals surface area contributed by atoms with Crippen LogP contribution in [0.15, 0.2) is 71.9 Å². The fraction of sp³-hybridized carbons (Fsp3) is 0.125. The molecule has 2 aromatic carbocycles. The van der Waals surface area contributed by atoms with E-state index in [0.29, 0.717) is 11.5 Å². The molecule has 1 amide bonds. The fourth-order valence-corrected chi connectivity index (χ4v) is 4.74. The van der Waals surface area contributed by atoms with Crippen LogP contribution in [0.25, 0.3) is 11.4 Å². The molecule has 0 aliphatic carbocycles. The minimum Gasteiger partial charge on any atom is -0.480 e. The monoisotopic (exact) mass is 477 g/mol. The number of nitrogens with zero attached hydrogens (tertiary/aromatic N) is 2. The second-order valence-electron chi connectivity index (χ2n) is 7.56. The third-order valence-electron chi connectivity index (χ3n) is 5.13. The molecule has 4 rings (SSSR count). The molecular formula is C24H23N5O4S. The van der Waals surface area contributed by atoms with E-state index in [2.05, 4.69) is 25.0 Å². The first-order valence-corrected chi connectivity index (χ1v) is 11.8. The van der Waals surface area contributed by atoms with E-state index in [-0.39, 0.29) is 22.2 Å². The highest BCUT2D eigenvalue weighted by Crippen LogP contribution is 2.29. The van der Waals surface area contributed by atoms with Gasteiger partial charge in [0.05, 0.1) is 24.7 Å². The molecule has 4 aromatic rings. The number of aromatic amines is 1. The van der Waals surface area contributed by atoms with Crippen LogP contribution in [-0.4, -0.2) is 36.4 Å². The third kappa shape index (κ3) is 4.76. The second-order valence-corrected chi connectivity index (χ2v) is 9.21. The van der Waals surface area contributed by atoms with Crippen LogP contribution in [0.2, 0.25) is 0 Å². The molecule has 0 spiro atoms. The van der Waals surface area contributed by atoms with Gasteiger partial charge in [-0.1, -0.05) is 48.5 Å². The highest BCUT2D eigenvalue weighted by Gasteiger charge is 2.24. The van der Waals surface area contributed by atoms with Crippen molar-refractivity contribution in [3.8, 4) is 17.3 Å². The lowest BCUT2D eigenvalue weighted by Crippen LogP contribution is -2.18. The highest BCUT2D eigenvalue weighted by atomic mass is 32.2. The molecule has 34 heavy (non-hydrogen) atoms. The predicted molar refractivity (Wildman–Crippen MR) is 129 cm³/mol. The quantitative estimate of drug-likeness (QED) is 0.367. The molecule has 9 nitrogen and oxygen atoms in total. The maximum Gasteiger partial charge on any atom is 0.275 e. The van der Waals surface area contributed by atoms with E-state index in [0.717, 1.165) is 16.7 Å². The molecule has 0 aliphatic heterocycles. The number of imidazole rings is 1. The number of hydrogen-bond donors (Lipinski definition) is 3. The number of methoxy groups -OCH3 is 1. The first-order valence-electron chi connectivity index (χ1n) is 10.3. The largest absolute Gasteiger partial charge is 0.480 e. The van der Waals surface area contributed by atoms with Crippen molar-refractivity contribution in [1.29, 1.82) is 0 Å². The van der Waals surface area contributed by atoms with Crippen LogP contribution in [-0.2, 0) is 10.0 Å². The van der Waals surface area contributed by atoms with Crippen molar-refractivity contribution in [2.45, 2.75) is 18.7 Å². The number of benzene rings is 2. The van der Waals surface area contributed by atoms with Gasteiger partial charge < -0.3 is 15.0 Å². The lowest BCUT2D eigenvalue weighted by atomic mass is 10.1. The predicted octanol–water partition coefficient (Wildman–Crippen LogP) is 4.15. The van der Waals surface area contributed by atoms with Gasteiger partial charge in [0.15, 0.2) is 4.90 Å². The number of sulfonamides is 1. The molecular weight excluding hydrogens is 454 g/mol. The number of hydrogen-bond acceptors (Lipinski definition) is 6. The Morgan fingerprint density at radius 3 is 2.41 bits per heavy atom. The number of ether oxygens (including phenoxy) is 1. The SMILES string of the molecule is COc1ncc(NC(=O)c2c[nH]c(-c3ccccc3)n2)cc1S(=O)(=O)Nc1c(C)cccc1C. The van der Waals surface area contributed by atoms with Crippen molar-refractivity contribution in [2.75, 3.05) is 17.1 Å². The summed E-state index contributed by atoms with van der Waals surface area (Å²) in [5, 5.41) is 2.64. The highest BCUT2D eigenvalue weighted by molar-refractivity contribution is 7.92. The Morgan fingerprint density at radius 1 is 1.03 bits per heavy atom. The second kappa shape index (κ2) is 9.36. The van der Waals surface area contributed by atoms with Gasteiger partial charge in [-0.3, -0.25) is 9.52 Å². The summed E-state index contributed by atoms with van der Waals surface area (Å²) in [6, 6.07) is 16.1. The van der Waals surface area contributed by atoms with E-state index in [9.17, 15) is 13.2 Å². The molecule has 174 valence electrons. The minimum absolute atomic E-state index is 0.0946. The number of H-pyrrole nitrogens is 1. The van der Waals surface area contributed by atoms with Gasteiger partial charge in [-0.15, -0.1) is 0 Å². The molecule has 10 heteroatoms. The van der Waals surface area contributed by atoms with E-state index in [1.165, 1.54) is 25.6 Å². The van der Waals surface area contributed by atoms with Crippen LogP contribution in [0.4, 0.5) is 11.4 Å². The molecule has 2 aromatic heterocycles. The van der Waals surface area contributed by atoms with Crippen LogP contribution in [0.1, 0.15) is 21.6 Å². The van der Waals surface area contributed by atoms with Crippen LogP contribution in [0, 0.1) is 13.8 Å². The third-order valence-corrected chi connectivity index (χ3v) is 6.48. The van der Waals surface area contributed by atoms with Gasteiger partial charge in [-0.25, -0.2) is 18.4 Å². The number of amides is 1. The molecule has 2 heterocycles. The molecule has 0 aliphatic rings. The van der Waals surface area contributed by atoms with Gasteiger partial charge in [-0.05, 0) is 31.0 Å². The topological polar surface area (TPSA) is 126 Å². The number of pyridine rings is 1. The number of carbonyl (C=O) groups excluding carboxylic acids is 1. The van der Waals surface area contributed by atoms with Crippen molar-refractivity contribution in [3.63, 3.8) is 0 Å². The number of nitrogens with one attached hydrogen (secondary N) is 3. The van der Waals surface area contributed by atoms with Crippen molar-refractivity contribution in [3.05, 3.63) is 83.8 Å². The summed E-state index contributed by atoms with van der Waals surface area (Å²) in [6.07, 6.45) is 2.80. The average molecular weight is 478 g/mol. The minimum atomic E-state index is -4.07. The number of anilines is 2. The van der Waals surface area contributed by atoms with Gasteiger partial charge in [0, 0.05) is 11.8 Å². The van der Waals surface area contributed by atoms with Gasteiger partial charge in [0.25, 0.3) is 15.9 Å².